The first-order valence-corrected chi connectivity index (χ1v) is 6.42. The number of nitrogens with zero attached hydrogens (tertiary/aromatic N) is 1. The average Bonchev–Trinajstić information content (AvgIpc) is 2.50. The molecule has 0 fully saturated rings. The SMILES string of the molecule is COc1ccc(Cl)c2c1N(C)CCCC2(O)CN. The van der Waals surface area contributed by atoms with Gasteiger partial charge in [-0.05, 0) is 25.0 Å². The molecule has 1 heterocycles. The van der Waals surface area contributed by atoms with Crippen LogP contribution >= 0.6 is 11.6 Å². The van der Waals surface area contributed by atoms with Gasteiger partial charge in [-0.1, -0.05) is 11.6 Å². The van der Waals surface area contributed by atoms with Crippen LogP contribution in [0.15, 0.2) is 12.1 Å². The molecule has 1 aliphatic rings. The van der Waals surface area contributed by atoms with Crippen LogP contribution in [0.2, 0.25) is 5.02 Å². The van der Waals surface area contributed by atoms with Crippen LogP contribution in [0.4, 0.5) is 5.69 Å². The van der Waals surface area contributed by atoms with Gasteiger partial charge in [0, 0.05) is 30.7 Å². The van der Waals surface area contributed by atoms with E-state index in [0.29, 0.717) is 22.8 Å². The number of benzene rings is 1. The number of hydrogen-bond donors (Lipinski definition) is 2. The minimum atomic E-state index is -1.08. The number of anilines is 1. The summed E-state index contributed by atoms with van der Waals surface area (Å²) < 4.78 is 5.38. The van der Waals surface area contributed by atoms with Gasteiger partial charge in [0.25, 0.3) is 0 Å². The Morgan fingerprint density at radius 3 is 2.89 bits per heavy atom. The first kappa shape index (κ1) is 13.5. The van der Waals surface area contributed by atoms with Crippen LogP contribution in [0.1, 0.15) is 18.4 Å². The van der Waals surface area contributed by atoms with Crippen molar-refractivity contribution in [3.63, 3.8) is 0 Å². The van der Waals surface area contributed by atoms with E-state index in [1.54, 1.807) is 13.2 Å². The Labute approximate surface area is 112 Å². The highest BCUT2D eigenvalue weighted by atomic mass is 35.5. The molecular weight excluding hydrogens is 252 g/mol. The van der Waals surface area contributed by atoms with Gasteiger partial charge in [-0.2, -0.15) is 0 Å². The molecular formula is C13H19ClN2O2. The molecule has 4 nitrogen and oxygen atoms in total. The van der Waals surface area contributed by atoms with Crippen molar-refractivity contribution in [2.45, 2.75) is 18.4 Å². The van der Waals surface area contributed by atoms with E-state index in [0.717, 1.165) is 18.7 Å². The van der Waals surface area contributed by atoms with Crippen LogP contribution in [-0.4, -0.2) is 32.4 Å². The van der Waals surface area contributed by atoms with Crippen LogP contribution in [0.3, 0.4) is 0 Å². The summed E-state index contributed by atoms with van der Waals surface area (Å²) in [7, 11) is 3.59. The molecule has 0 bridgehead atoms. The van der Waals surface area contributed by atoms with Gasteiger partial charge in [-0.3, -0.25) is 0 Å². The number of halogens is 1. The van der Waals surface area contributed by atoms with E-state index in [-0.39, 0.29) is 6.54 Å². The van der Waals surface area contributed by atoms with Crippen molar-refractivity contribution in [2.24, 2.45) is 5.73 Å². The molecule has 3 N–H and O–H groups in total. The number of aliphatic hydroxyl groups is 1. The Kier molecular flexibility index (Phi) is 3.71. The molecule has 0 saturated carbocycles. The normalized spacial score (nSPS) is 23.5. The smallest absolute Gasteiger partial charge is 0.142 e. The zero-order valence-corrected chi connectivity index (χ0v) is 11.5. The molecule has 0 spiro atoms. The summed E-state index contributed by atoms with van der Waals surface area (Å²) >= 11 is 6.27. The molecule has 1 atom stereocenters. The highest BCUT2D eigenvalue weighted by molar-refractivity contribution is 6.32. The van der Waals surface area contributed by atoms with Crippen LogP contribution in [0.25, 0.3) is 0 Å². The fraction of sp³-hybridized carbons (Fsp3) is 0.538. The Hall–Kier alpha value is -0.970. The third-order valence-electron chi connectivity index (χ3n) is 3.58. The monoisotopic (exact) mass is 270 g/mol. The number of hydrogen-bond acceptors (Lipinski definition) is 4. The molecule has 100 valence electrons. The number of nitrogens with two attached hydrogens (primary N) is 1. The summed E-state index contributed by atoms with van der Waals surface area (Å²) in [5.74, 6) is 0.714. The molecule has 18 heavy (non-hydrogen) atoms. The van der Waals surface area contributed by atoms with E-state index in [2.05, 4.69) is 4.90 Å². The first-order valence-electron chi connectivity index (χ1n) is 6.04. The van der Waals surface area contributed by atoms with Gasteiger partial charge in [0.05, 0.1) is 12.8 Å². The van der Waals surface area contributed by atoms with Crippen molar-refractivity contribution < 1.29 is 9.84 Å². The van der Waals surface area contributed by atoms with Gasteiger partial charge in [-0.25, -0.2) is 0 Å². The van der Waals surface area contributed by atoms with E-state index >= 15 is 0 Å². The molecule has 0 saturated heterocycles. The van der Waals surface area contributed by atoms with Crippen LogP contribution < -0.4 is 15.4 Å². The van der Waals surface area contributed by atoms with Crippen LogP contribution in [0, 0.1) is 0 Å². The van der Waals surface area contributed by atoms with Crippen molar-refractivity contribution in [3.05, 3.63) is 22.7 Å². The van der Waals surface area contributed by atoms with Gasteiger partial charge in [0.2, 0.25) is 0 Å². The molecule has 2 rings (SSSR count). The Morgan fingerprint density at radius 1 is 1.56 bits per heavy atom. The van der Waals surface area contributed by atoms with Crippen LogP contribution in [-0.2, 0) is 5.60 Å². The van der Waals surface area contributed by atoms with Crippen molar-refractivity contribution in [1.82, 2.24) is 0 Å². The maximum Gasteiger partial charge on any atom is 0.142 e. The molecule has 1 aliphatic heterocycles. The van der Waals surface area contributed by atoms with Crippen molar-refractivity contribution >= 4 is 17.3 Å². The predicted molar refractivity (Wildman–Crippen MR) is 73.5 cm³/mol. The molecule has 5 heteroatoms. The van der Waals surface area contributed by atoms with E-state index in [1.807, 2.05) is 13.1 Å². The fourth-order valence-electron chi connectivity index (χ4n) is 2.58. The van der Waals surface area contributed by atoms with E-state index < -0.39 is 5.60 Å². The van der Waals surface area contributed by atoms with E-state index in [4.69, 9.17) is 22.1 Å². The van der Waals surface area contributed by atoms with Crippen molar-refractivity contribution in [3.8, 4) is 5.75 Å². The summed E-state index contributed by atoms with van der Waals surface area (Å²) in [6, 6.07) is 3.57. The molecule has 1 aromatic rings. The van der Waals surface area contributed by atoms with Gasteiger partial charge in [0.1, 0.15) is 11.4 Å². The third kappa shape index (κ3) is 2.05. The lowest BCUT2D eigenvalue weighted by molar-refractivity contribution is 0.0378. The highest BCUT2D eigenvalue weighted by Gasteiger charge is 2.37. The summed E-state index contributed by atoms with van der Waals surface area (Å²) in [5, 5.41) is 11.3. The molecule has 1 aromatic carbocycles. The second kappa shape index (κ2) is 4.96. The largest absolute Gasteiger partial charge is 0.495 e. The number of rotatable bonds is 2. The third-order valence-corrected chi connectivity index (χ3v) is 3.89. The van der Waals surface area contributed by atoms with Crippen LogP contribution in [0.5, 0.6) is 5.75 Å². The second-order valence-electron chi connectivity index (χ2n) is 4.73. The zero-order valence-electron chi connectivity index (χ0n) is 10.7. The van der Waals surface area contributed by atoms with E-state index in [1.165, 1.54) is 0 Å². The van der Waals surface area contributed by atoms with Gasteiger partial charge in [-0.15, -0.1) is 0 Å². The Bertz CT molecular complexity index is 453. The average molecular weight is 271 g/mol. The minimum Gasteiger partial charge on any atom is -0.495 e. The standard InChI is InChI=1S/C13H19ClN2O2/c1-16-7-3-6-13(17,8-15)11-9(14)4-5-10(18-2)12(11)16/h4-5,17H,3,6-8,15H2,1-2H3. The lowest BCUT2D eigenvalue weighted by Crippen LogP contribution is -2.35. The van der Waals surface area contributed by atoms with Gasteiger partial charge in [0.15, 0.2) is 0 Å². The van der Waals surface area contributed by atoms with Crippen molar-refractivity contribution in [1.29, 1.82) is 0 Å². The first-order chi connectivity index (χ1) is 8.53. The quantitative estimate of drug-likeness (QED) is 0.859. The lowest BCUT2D eigenvalue weighted by atomic mass is 9.88. The molecule has 0 radical (unpaired) electrons. The predicted octanol–water partition coefficient (Wildman–Crippen LogP) is 1.72. The maximum absolute atomic E-state index is 10.7. The molecule has 1 unspecified atom stereocenters. The molecule has 0 aliphatic carbocycles. The Morgan fingerprint density at radius 2 is 2.28 bits per heavy atom. The maximum atomic E-state index is 10.7. The summed E-state index contributed by atoms with van der Waals surface area (Å²) in [6.07, 6.45) is 1.46. The molecule has 0 amide bonds. The fourth-order valence-corrected chi connectivity index (χ4v) is 2.91. The Balaban J connectivity index is 2.71. The summed E-state index contributed by atoms with van der Waals surface area (Å²) in [4.78, 5) is 2.06. The minimum absolute atomic E-state index is 0.153. The summed E-state index contributed by atoms with van der Waals surface area (Å²) in [5.41, 5.74) is 6.21. The number of methoxy groups -OCH3 is 1. The number of ether oxygens (including phenoxy) is 1. The highest BCUT2D eigenvalue weighted by Crippen LogP contribution is 2.45. The topological polar surface area (TPSA) is 58.7 Å². The molecule has 0 aromatic heterocycles. The number of fused-ring (bicyclic) bond motifs is 1. The zero-order chi connectivity index (χ0) is 13.3. The van der Waals surface area contributed by atoms with E-state index in [9.17, 15) is 5.11 Å². The van der Waals surface area contributed by atoms with Gasteiger partial charge < -0.3 is 20.5 Å². The second-order valence-corrected chi connectivity index (χ2v) is 5.14. The van der Waals surface area contributed by atoms with Gasteiger partial charge >= 0.3 is 0 Å². The summed E-state index contributed by atoms with van der Waals surface area (Å²) in [6.45, 7) is 0.993. The lowest BCUT2D eigenvalue weighted by Gasteiger charge is -2.30. The van der Waals surface area contributed by atoms with Crippen molar-refractivity contribution in [2.75, 3.05) is 32.1 Å².